The van der Waals surface area contributed by atoms with Crippen LogP contribution in [0.5, 0.6) is 0 Å². The maximum Gasteiger partial charge on any atom is 0.153 e. The molecule has 0 aliphatic carbocycles. The van der Waals surface area contributed by atoms with E-state index in [1.165, 1.54) is 5.56 Å². The van der Waals surface area contributed by atoms with Gasteiger partial charge in [-0.15, -0.1) is 6.58 Å². The van der Waals surface area contributed by atoms with E-state index in [-0.39, 0.29) is 5.56 Å². The van der Waals surface area contributed by atoms with Gasteiger partial charge in [0.1, 0.15) is 5.69 Å². The normalized spacial score (nSPS) is 9.48. The maximum absolute atomic E-state index is 13.7. The molecule has 2 aromatic carbocycles. The number of benzene rings is 2. The van der Waals surface area contributed by atoms with Crippen molar-refractivity contribution in [2.24, 2.45) is 4.99 Å². The molecule has 2 rings (SSSR count). The zero-order chi connectivity index (χ0) is 16.7. The van der Waals surface area contributed by atoms with Crippen LogP contribution in [0.3, 0.4) is 0 Å². The van der Waals surface area contributed by atoms with Gasteiger partial charge >= 0.3 is 0 Å². The van der Waals surface area contributed by atoms with Crippen LogP contribution in [0.15, 0.2) is 54.0 Å². The van der Waals surface area contributed by atoms with Crippen LogP contribution >= 0.6 is 12.2 Å². The number of halogens is 2. The fraction of sp³-hybridized carbons (Fsp3) is 0.105. The third-order valence-electron chi connectivity index (χ3n) is 3.12. The molecule has 0 fully saturated rings. The molecule has 0 N–H and O–H groups in total. The number of hydrogen-bond donors (Lipinski definition) is 0. The van der Waals surface area contributed by atoms with Crippen LogP contribution in [-0.2, 0) is 6.42 Å². The Morgan fingerprint density at radius 1 is 1.04 bits per heavy atom. The van der Waals surface area contributed by atoms with Gasteiger partial charge in [0.05, 0.1) is 5.16 Å². The highest BCUT2D eigenvalue weighted by molar-refractivity contribution is 7.78. The summed E-state index contributed by atoms with van der Waals surface area (Å²) in [5.74, 6) is 3.99. The van der Waals surface area contributed by atoms with E-state index >= 15 is 0 Å². The Morgan fingerprint density at radius 2 is 1.65 bits per heavy atom. The van der Waals surface area contributed by atoms with E-state index in [1.54, 1.807) is 0 Å². The van der Waals surface area contributed by atoms with Crippen LogP contribution in [0.25, 0.3) is 0 Å². The molecule has 0 aliphatic heterocycles. The van der Waals surface area contributed by atoms with Gasteiger partial charge in [-0.05, 0) is 54.9 Å². The number of aryl methyl sites for hydroxylation is 1. The predicted octanol–water partition coefficient (Wildman–Crippen LogP) is 5.22. The van der Waals surface area contributed by atoms with Crippen molar-refractivity contribution in [3.63, 3.8) is 0 Å². The van der Waals surface area contributed by atoms with Gasteiger partial charge in [-0.3, -0.25) is 0 Å². The Kier molecular flexibility index (Phi) is 5.94. The molecule has 0 unspecified atom stereocenters. The van der Waals surface area contributed by atoms with E-state index in [9.17, 15) is 8.78 Å². The van der Waals surface area contributed by atoms with Crippen LogP contribution in [0, 0.1) is 23.5 Å². The molecule has 0 saturated carbocycles. The molecule has 1 nitrogen and oxygen atoms in total. The highest BCUT2D eigenvalue weighted by Gasteiger charge is 2.09. The lowest BCUT2D eigenvalue weighted by atomic mass is 10.1. The number of aliphatic imine (C=N–C) groups is 1. The molecule has 0 aliphatic rings. The smallest absolute Gasteiger partial charge is 0.153 e. The zero-order valence-electron chi connectivity index (χ0n) is 12.3. The Hall–Kier alpha value is -2.60. The number of isothiocyanates is 1. The van der Waals surface area contributed by atoms with Gasteiger partial charge in [0.15, 0.2) is 11.6 Å². The summed E-state index contributed by atoms with van der Waals surface area (Å²) in [6, 6.07) is 9.96. The summed E-state index contributed by atoms with van der Waals surface area (Å²) in [6.07, 6.45) is 3.71. The highest BCUT2D eigenvalue weighted by Crippen LogP contribution is 2.23. The molecule has 0 bridgehead atoms. The second kappa shape index (κ2) is 8.14. The summed E-state index contributed by atoms with van der Waals surface area (Å²) in [4.78, 5) is 3.36. The van der Waals surface area contributed by atoms with Crippen LogP contribution in [0.2, 0.25) is 0 Å². The first-order valence-electron chi connectivity index (χ1n) is 6.93. The SMILES string of the molecule is C=CCCc1ccc(C#Cc2cc(F)c(N=C=S)c(F)c2)cc1. The lowest BCUT2D eigenvalue weighted by Gasteiger charge is -1.99. The topological polar surface area (TPSA) is 12.4 Å². The number of allylic oxidation sites excluding steroid dienone is 1. The van der Waals surface area contributed by atoms with Gasteiger partial charge in [-0.1, -0.05) is 30.0 Å². The molecule has 0 heterocycles. The van der Waals surface area contributed by atoms with Gasteiger partial charge in [0.2, 0.25) is 0 Å². The number of nitrogens with zero attached hydrogens (tertiary/aromatic N) is 1. The molecule has 0 saturated heterocycles. The molecule has 4 heteroatoms. The summed E-state index contributed by atoms with van der Waals surface area (Å²) in [7, 11) is 0. The fourth-order valence-electron chi connectivity index (χ4n) is 1.96. The van der Waals surface area contributed by atoms with Gasteiger partial charge in [0, 0.05) is 11.1 Å². The second-order valence-electron chi connectivity index (χ2n) is 4.77. The Balaban J connectivity index is 2.21. The Labute approximate surface area is 139 Å². The predicted molar refractivity (Wildman–Crippen MR) is 92.0 cm³/mol. The first kappa shape index (κ1) is 16.8. The first-order valence-corrected chi connectivity index (χ1v) is 7.33. The average Bonchev–Trinajstić information content (AvgIpc) is 2.55. The number of hydrogen-bond acceptors (Lipinski definition) is 2. The van der Waals surface area contributed by atoms with E-state index in [1.807, 2.05) is 35.5 Å². The van der Waals surface area contributed by atoms with Crippen molar-refractivity contribution in [1.82, 2.24) is 0 Å². The van der Waals surface area contributed by atoms with Gasteiger partial charge in [-0.25, -0.2) is 8.78 Å². The standard InChI is InChI=1S/C19H13F2NS/c1-2-3-4-14-5-7-15(8-6-14)9-10-16-11-17(20)19(22-13-23)18(21)12-16/h2,5-8,11-12H,1,3-4H2. The summed E-state index contributed by atoms with van der Waals surface area (Å²) >= 11 is 4.35. The third kappa shape index (κ3) is 4.69. The quantitative estimate of drug-likeness (QED) is 0.325. The second-order valence-corrected chi connectivity index (χ2v) is 4.95. The van der Waals surface area contributed by atoms with Crippen LogP contribution in [0.1, 0.15) is 23.1 Å². The third-order valence-corrected chi connectivity index (χ3v) is 3.21. The molecule has 0 spiro atoms. The summed E-state index contributed by atoms with van der Waals surface area (Å²) < 4.78 is 27.4. The lowest BCUT2D eigenvalue weighted by molar-refractivity contribution is 0.587. The van der Waals surface area contributed by atoms with E-state index in [0.29, 0.717) is 0 Å². The van der Waals surface area contributed by atoms with E-state index < -0.39 is 17.3 Å². The first-order chi connectivity index (χ1) is 11.1. The van der Waals surface area contributed by atoms with Gasteiger partial charge < -0.3 is 0 Å². The van der Waals surface area contributed by atoms with Crippen molar-refractivity contribution >= 4 is 23.1 Å². The molecule has 0 aromatic heterocycles. The van der Waals surface area contributed by atoms with Crippen molar-refractivity contribution in [2.75, 3.05) is 0 Å². The van der Waals surface area contributed by atoms with E-state index in [4.69, 9.17) is 0 Å². The van der Waals surface area contributed by atoms with Gasteiger partial charge in [-0.2, -0.15) is 4.99 Å². The molecule has 2 aromatic rings. The van der Waals surface area contributed by atoms with Gasteiger partial charge in [0.25, 0.3) is 0 Å². The van der Waals surface area contributed by atoms with Crippen LogP contribution in [-0.4, -0.2) is 5.16 Å². The molecule has 0 atom stereocenters. The van der Waals surface area contributed by atoms with Crippen molar-refractivity contribution in [3.05, 3.63) is 77.4 Å². The summed E-state index contributed by atoms with van der Waals surface area (Å²) in [5.41, 5.74) is 1.75. The van der Waals surface area contributed by atoms with Crippen molar-refractivity contribution in [1.29, 1.82) is 0 Å². The minimum atomic E-state index is -0.813. The molecule has 23 heavy (non-hydrogen) atoms. The van der Waals surface area contributed by atoms with Crippen molar-refractivity contribution in [3.8, 4) is 11.8 Å². The molecular formula is C19H13F2NS. The number of thiocarbonyl (C=S) groups is 1. The lowest BCUT2D eigenvalue weighted by Crippen LogP contribution is -1.87. The fourth-order valence-corrected chi connectivity index (χ4v) is 2.05. The Bertz CT molecular complexity index is 800. The van der Waals surface area contributed by atoms with Crippen LogP contribution in [0.4, 0.5) is 14.5 Å². The largest absolute Gasteiger partial charge is 0.204 e. The minimum Gasteiger partial charge on any atom is -0.204 e. The highest BCUT2D eigenvalue weighted by atomic mass is 32.1. The molecule has 0 radical (unpaired) electrons. The minimum absolute atomic E-state index is 0.235. The van der Waals surface area contributed by atoms with Crippen molar-refractivity contribution in [2.45, 2.75) is 12.8 Å². The summed E-state index contributed by atoms with van der Waals surface area (Å²) in [5, 5.41) is 1.95. The molecule has 114 valence electrons. The number of rotatable bonds is 4. The zero-order valence-corrected chi connectivity index (χ0v) is 13.1. The molecule has 0 amide bonds. The average molecular weight is 325 g/mol. The van der Waals surface area contributed by atoms with Crippen LogP contribution < -0.4 is 0 Å². The summed E-state index contributed by atoms with van der Waals surface area (Å²) in [6.45, 7) is 3.69. The van der Waals surface area contributed by atoms with Crippen molar-refractivity contribution < 1.29 is 8.78 Å². The van der Waals surface area contributed by atoms with E-state index in [0.717, 1.165) is 30.5 Å². The Morgan fingerprint density at radius 3 is 2.22 bits per heavy atom. The molecular weight excluding hydrogens is 312 g/mol. The monoisotopic (exact) mass is 325 g/mol. The van der Waals surface area contributed by atoms with E-state index in [2.05, 4.69) is 35.6 Å². The maximum atomic E-state index is 13.7.